The van der Waals surface area contributed by atoms with Crippen molar-refractivity contribution >= 4 is 94.4 Å². The third-order valence-corrected chi connectivity index (χ3v) is 17.1. The van der Waals surface area contributed by atoms with Crippen molar-refractivity contribution < 1.29 is 4.42 Å². The Hall–Kier alpha value is -7.40. The minimum absolute atomic E-state index is 0.910. The Balaban J connectivity index is 1.14. The maximum Gasteiger partial charge on any atom is 0.180 e. The first-order chi connectivity index (χ1) is 28.8. The van der Waals surface area contributed by atoms with Crippen LogP contribution in [0.4, 0.5) is 0 Å². The van der Waals surface area contributed by atoms with Gasteiger partial charge in [-0.05, 0) is 81.4 Å². The van der Waals surface area contributed by atoms with Crippen molar-refractivity contribution in [2.75, 3.05) is 0 Å². The predicted octanol–water partition coefficient (Wildman–Crippen LogP) is 11.2. The van der Waals surface area contributed by atoms with E-state index in [-0.39, 0.29) is 0 Å². The van der Waals surface area contributed by atoms with Gasteiger partial charge in [0.1, 0.15) is 11.2 Å². The van der Waals surface area contributed by atoms with Crippen LogP contribution >= 0.6 is 0 Å². The molecule has 12 rings (SSSR count). The highest BCUT2D eigenvalue weighted by atomic mass is 28.3. The van der Waals surface area contributed by atoms with Gasteiger partial charge in [-0.1, -0.05) is 158 Å². The summed E-state index contributed by atoms with van der Waals surface area (Å²) >= 11 is 0. The van der Waals surface area contributed by atoms with E-state index in [0.29, 0.717) is 0 Å². The summed E-state index contributed by atoms with van der Waals surface area (Å²) in [5, 5.41) is 12.6. The molecule has 272 valence electrons. The highest BCUT2D eigenvalue weighted by molar-refractivity contribution is 7.20. The third-order valence-electron chi connectivity index (χ3n) is 12.3. The molecular formula is C54H36N2OSi. The zero-order valence-electron chi connectivity index (χ0n) is 31.6. The van der Waals surface area contributed by atoms with Gasteiger partial charge < -0.3 is 13.6 Å². The van der Waals surface area contributed by atoms with Crippen LogP contribution < -0.4 is 20.7 Å². The van der Waals surface area contributed by atoms with Gasteiger partial charge in [-0.15, -0.1) is 0 Å². The minimum Gasteiger partial charge on any atom is -0.456 e. The van der Waals surface area contributed by atoms with Crippen LogP contribution in [0.1, 0.15) is 0 Å². The number of hydrogen-bond donors (Lipinski definition) is 0. The van der Waals surface area contributed by atoms with Gasteiger partial charge in [-0.2, -0.15) is 0 Å². The average molecular weight is 757 g/mol. The summed E-state index contributed by atoms with van der Waals surface area (Å²) in [6.45, 7) is 0. The molecule has 0 radical (unpaired) electrons. The number of aromatic nitrogens is 2. The van der Waals surface area contributed by atoms with Gasteiger partial charge in [0.15, 0.2) is 8.07 Å². The standard InChI is InChI=1S/C54H36N2OSi/c1-3-18-39(19-4-1)58(40-20-5-2-6-21-40,53-32-16-31-52-54(53)45-26-10-14-30-51(45)57-52)41-22-15-17-37(35-41)55-49-29-13-9-25-44(49)46-36-38(33-34-50(46)55)56-47-27-11-7-23-42(47)43-24-8-12-28-48(43)56/h1-36H. The fourth-order valence-corrected chi connectivity index (χ4v) is 14.9. The normalized spacial score (nSPS) is 12.1. The van der Waals surface area contributed by atoms with Crippen molar-refractivity contribution in [2.45, 2.75) is 0 Å². The van der Waals surface area contributed by atoms with E-state index >= 15 is 0 Å². The third kappa shape index (κ3) is 4.67. The number of furan rings is 1. The maximum atomic E-state index is 6.57. The van der Waals surface area contributed by atoms with Crippen LogP contribution in [0.25, 0.3) is 76.9 Å². The Bertz CT molecular complexity index is 3430. The highest BCUT2D eigenvalue weighted by Gasteiger charge is 2.43. The first kappa shape index (κ1) is 32.8. The number of fused-ring (bicyclic) bond motifs is 9. The minimum atomic E-state index is -3.00. The lowest BCUT2D eigenvalue weighted by atomic mass is 10.1. The van der Waals surface area contributed by atoms with E-state index in [9.17, 15) is 0 Å². The summed E-state index contributed by atoms with van der Waals surface area (Å²) in [5.74, 6) is 0. The van der Waals surface area contributed by atoms with Gasteiger partial charge >= 0.3 is 0 Å². The Morgan fingerprint density at radius 3 is 1.41 bits per heavy atom. The number of para-hydroxylation sites is 4. The van der Waals surface area contributed by atoms with Crippen molar-refractivity contribution in [1.82, 2.24) is 9.13 Å². The van der Waals surface area contributed by atoms with Crippen LogP contribution in [0.3, 0.4) is 0 Å². The zero-order chi connectivity index (χ0) is 38.2. The molecule has 0 saturated heterocycles. The Morgan fingerprint density at radius 2 is 0.776 bits per heavy atom. The van der Waals surface area contributed by atoms with Gasteiger partial charge in [-0.3, -0.25) is 0 Å². The van der Waals surface area contributed by atoms with E-state index in [1.165, 1.54) is 69.7 Å². The van der Waals surface area contributed by atoms with Crippen LogP contribution in [0.15, 0.2) is 223 Å². The second kappa shape index (κ2) is 12.8. The summed E-state index contributed by atoms with van der Waals surface area (Å²) in [4.78, 5) is 0. The molecule has 9 aromatic carbocycles. The fraction of sp³-hybridized carbons (Fsp3) is 0. The second-order valence-electron chi connectivity index (χ2n) is 15.2. The quantitative estimate of drug-likeness (QED) is 0.122. The molecule has 0 N–H and O–H groups in total. The van der Waals surface area contributed by atoms with E-state index in [1.807, 2.05) is 0 Å². The van der Waals surface area contributed by atoms with Crippen LogP contribution in [-0.2, 0) is 0 Å². The monoisotopic (exact) mass is 756 g/mol. The summed E-state index contributed by atoms with van der Waals surface area (Å²) in [6.07, 6.45) is 0. The van der Waals surface area contributed by atoms with E-state index in [2.05, 4.69) is 228 Å². The molecule has 58 heavy (non-hydrogen) atoms. The van der Waals surface area contributed by atoms with Crippen molar-refractivity contribution in [3.63, 3.8) is 0 Å². The second-order valence-corrected chi connectivity index (χ2v) is 19.0. The molecule has 0 unspecified atom stereocenters. The largest absolute Gasteiger partial charge is 0.456 e. The van der Waals surface area contributed by atoms with Gasteiger partial charge in [0.2, 0.25) is 0 Å². The molecule has 0 aliphatic carbocycles. The molecule has 0 fully saturated rings. The van der Waals surface area contributed by atoms with Gasteiger partial charge in [0.05, 0.1) is 22.1 Å². The highest BCUT2D eigenvalue weighted by Crippen LogP contribution is 2.37. The number of rotatable bonds is 6. The van der Waals surface area contributed by atoms with Gasteiger partial charge in [-0.25, -0.2) is 0 Å². The summed E-state index contributed by atoms with van der Waals surface area (Å²) in [6, 6.07) is 80.2. The SMILES string of the molecule is c1ccc([Si](c2ccccc2)(c2cccc(-n3c4ccccc4c4cc(-n5c6ccccc6c6ccccc65)ccc43)c2)c2cccc3oc4ccccc4c23)cc1. The molecule has 0 spiro atoms. The zero-order valence-corrected chi connectivity index (χ0v) is 32.6. The van der Waals surface area contributed by atoms with Crippen molar-refractivity contribution in [3.8, 4) is 11.4 Å². The molecule has 3 aromatic heterocycles. The molecule has 0 saturated carbocycles. The molecule has 3 nitrogen and oxygen atoms in total. The molecular weight excluding hydrogens is 721 g/mol. The van der Waals surface area contributed by atoms with Crippen molar-refractivity contribution in [3.05, 3.63) is 218 Å². The summed E-state index contributed by atoms with van der Waals surface area (Å²) in [7, 11) is -3.00. The van der Waals surface area contributed by atoms with Crippen LogP contribution in [0.2, 0.25) is 0 Å². The Morgan fingerprint density at radius 1 is 0.310 bits per heavy atom. The Labute approximate surface area is 336 Å². The molecule has 0 atom stereocenters. The topological polar surface area (TPSA) is 23.0 Å². The lowest BCUT2D eigenvalue weighted by Gasteiger charge is -2.35. The Kier molecular flexibility index (Phi) is 7.25. The van der Waals surface area contributed by atoms with Crippen LogP contribution in [0, 0.1) is 0 Å². The maximum absolute atomic E-state index is 6.57. The first-order valence-corrected chi connectivity index (χ1v) is 21.9. The smallest absolute Gasteiger partial charge is 0.180 e. The molecule has 3 heterocycles. The van der Waals surface area contributed by atoms with Crippen molar-refractivity contribution in [1.29, 1.82) is 0 Å². The summed E-state index contributed by atoms with van der Waals surface area (Å²) < 4.78 is 11.5. The van der Waals surface area contributed by atoms with E-state index < -0.39 is 8.07 Å². The van der Waals surface area contributed by atoms with Gasteiger partial charge in [0.25, 0.3) is 0 Å². The molecule has 0 aliphatic rings. The number of benzene rings is 9. The first-order valence-electron chi connectivity index (χ1n) is 19.9. The fourth-order valence-electron chi connectivity index (χ4n) is 9.89. The average Bonchev–Trinajstić information content (AvgIpc) is 3.95. The lowest BCUT2D eigenvalue weighted by Crippen LogP contribution is -2.74. The predicted molar refractivity (Wildman–Crippen MR) is 246 cm³/mol. The molecule has 0 aliphatic heterocycles. The van der Waals surface area contributed by atoms with Gasteiger partial charge in [0, 0.05) is 43.7 Å². The molecule has 0 bridgehead atoms. The van der Waals surface area contributed by atoms with E-state index in [4.69, 9.17) is 4.42 Å². The van der Waals surface area contributed by atoms with E-state index in [1.54, 1.807) is 0 Å². The lowest BCUT2D eigenvalue weighted by molar-refractivity contribution is 0.669. The van der Waals surface area contributed by atoms with Crippen LogP contribution in [-0.4, -0.2) is 17.2 Å². The molecule has 4 heteroatoms. The molecule has 0 amide bonds. The molecule has 12 aromatic rings. The van der Waals surface area contributed by atoms with Crippen molar-refractivity contribution in [2.24, 2.45) is 0 Å². The summed E-state index contributed by atoms with van der Waals surface area (Å²) in [5.41, 5.74) is 8.91. The number of nitrogens with zero attached hydrogens (tertiary/aromatic N) is 2. The van der Waals surface area contributed by atoms with Crippen LogP contribution in [0.5, 0.6) is 0 Å². The number of hydrogen-bond acceptors (Lipinski definition) is 1. The van der Waals surface area contributed by atoms with E-state index in [0.717, 1.165) is 27.9 Å².